The molecule has 2 rings (SSSR count). The lowest BCUT2D eigenvalue weighted by atomic mass is 10.3. The summed E-state index contributed by atoms with van der Waals surface area (Å²) >= 11 is 4.44. The Bertz CT molecular complexity index is 654. The predicted molar refractivity (Wildman–Crippen MR) is 75.9 cm³/mol. The Balaban J connectivity index is 2.29. The van der Waals surface area contributed by atoms with Gasteiger partial charge in [0.2, 0.25) is 0 Å². The fourth-order valence-corrected chi connectivity index (χ4v) is 2.81. The Hall–Kier alpha value is -1.73. The number of thiophene rings is 1. The van der Waals surface area contributed by atoms with Crippen LogP contribution in [-0.2, 0) is 0 Å². The first-order chi connectivity index (χ1) is 8.99. The quantitative estimate of drug-likeness (QED) is 0.899. The first-order valence-electron chi connectivity index (χ1n) is 5.24. The maximum Gasteiger partial charge on any atom is 0.338 e. The standard InChI is InChI=1S/C12H9BrN2O3S/c1-6-5-7(12(17)18)11(19-6)15-10(16)9-8(13)3-2-4-14-9/h2-5H,1H3,(H,15,16)(H,17,18). The largest absolute Gasteiger partial charge is 0.478 e. The number of anilines is 1. The molecule has 0 fully saturated rings. The van der Waals surface area contributed by atoms with Crippen molar-refractivity contribution in [2.75, 3.05) is 5.32 Å². The summed E-state index contributed by atoms with van der Waals surface area (Å²) in [5, 5.41) is 11.9. The number of nitrogens with zero attached hydrogens (tertiary/aromatic N) is 1. The molecule has 0 aliphatic rings. The van der Waals surface area contributed by atoms with E-state index in [-0.39, 0.29) is 11.3 Å². The Morgan fingerprint density at radius 3 is 2.84 bits per heavy atom. The molecule has 0 spiro atoms. The van der Waals surface area contributed by atoms with E-state index in [1.165, 1.54) is 23.6 Å². The van der Waals surface area contributed by atoms with E-state index in [9.17, 15) is 9.59 Å². The summed E-state index contributed by atoms with van der Waals surface area (Å²) in [7, 11) is 0. The van der Waals surface area contributed by atoms with E-state index in [1.807, 2.05) is 0 Å². The van der Waals surface area contributed by atoms with Gasteiger partial charge in [0.25, 0.3) is 5.91 Å². The van der Waals surface area contributed by atoms with Crippen molar-refractivity contribution in [1.82, 2.24) is 4.98 Å². The van der Waals surface area contributed by atoms with Crippen LogP contribution in [-0.4, -0.2) is 22.0 Å². The lowest BCUT2D eigenvalue weighted by Crippen LogP contribution is -2.15. The average Bonchev–Trinajstić information content (AvgIpc) is 2.70. The molecule has 0 aromatic carbocycles. The molecule has 0 saturated heterocycles. The van der Waals surface area contributed by atoms with Crippen molar-refractivity contribution >= 4 is 44.1 Å². The van der Waals surface area contributed by atoms with Crippen molar-refractivity contribution in [1.29, 1.82) is 0 Å². The summed E-state index contributed by atoms with van der Waals surface area (Å²) in [4.78, 5) is 27.8. The first kappa shape index (κ1) is 13.7. The lowest BCUT2D eigenvalue weighted by molar-refractivity contribution is 0.0698. The zero-order valence-corrected chi connectivity index (χ0v) is 12.2. The third kappa shape index (κ3) is 2.99. The number of halogens is 1. The number of rotatable bonds is 3. The van der Waals surface area contributed by atoms with Gasteiger partial charge < -0.3 is 10.4 Å². The van der Waals surface area contributed by atoms with E-state index >= 15 is 0 Å². The fraction of sp³-hybridized carbons (Fsp3) is 0.0833. The van der Waals surface area contributed by atoms with Crippen LogP contribution in [0, 0.1) is 6.92 Å². The minimum absolute atomic E-state index is 0.0860. The highest BCUT2D eigenvalue weighted by Gasteiger charge is 2.18. The molecule has 0 aliphatic carbocycles. The number of pyridine rings is 1. The van der Waals surface area contributed by atoms with E-state index < -0.39 is 11.9 Å². The summed E-state index contributed by atoms with van der Waals surface area (Å²) in [6, 6.07) is 4.91. The van der Waals surface area contributed by atoms with Gasteiger partial charge in [0, 0.05) is 15.5 Å². The summed E-state index contributed by atoms with van der Waals surface area (Å²) in [6.07, 6.45) is 1.50. The number of carboxylic acids is 1. The van der Waals surface area contributed by atoms with Crippen molar-refractivity contribution in [2.45, 2.75) is 6.92 Å². The van der Waals surface area contributed by atoms with Gasteiger partial charge in [0.15, 0.2) is 0 Å². The highest BCUT2D eigenvalue weighted by molar-refractivity contribution is 9.10. The van der Waals surface area contributed by atoms with Crippen LogP contribution < -0.4 is 5.32 Å². The van der Waals surface area contributed by atoms with Gasteiger partial charge >= 0.3 is 5.97 Å². The molecule has 2 aromatic heterocycles. The first-order valence-corrected chi connectivity index (χ1v) is 6.85. The monoisotopic (exact) mass is 340 g/mol. The molecule has 19 heavy (non-hydrogen) atoms. The van der Waals surface area contributed by atoms with Gasteiger partial charge in [-0.25, -0.2) is 9.78 Å². The van der Waals surface area contributed by atoms with Gasteiger partial charge in [-0.1, -0.05) is 0 Å². The van der Waals surface area contributed by atoms with Gasteiger partial charge in [-0.3, -0.25) is 4.79 Å². The number of carbonyl (C=O) groups excluding carboxylic acids is 1. The van der Waals surface area contributed by atoms with Crippen molar-refractivity contribution in [2.24, 2.45) is 0 Å². The number of aromatic carboxylic acids is 1. The van der Waals surface area contributed by atoms with Gasteiger partial charge in [0.05, 0.1) is 5.56 Å². The molecular formula is C12H9BrN2O3S. The third-order valence-electron chi connectivity index (χ3n) is 2.29. The smallest absolute Gasteiger partial charge is 0.338 e. The molecule has 0 unspecified atom stereocenters. The van der Waals surface area contributed by atoms with E-state index in [0.717, 1.165) is 4.88 Å². The molecule has 2 aromatic rings. The van der Waals surface area contributed by atoms with Crippen LogP contribution in [0.25, 0.3) is 0 Å². The Morgan fingerprint density at radius 2 is 2.21 bits per heavy atom. The molecule has 0 saturated carbocycles. The van der Waals surface area contributed by atoms with E-state index in [1.54, 1.807) is 19.1 Å². The van der Waals surface area contributed by atoms with Gasteiger partial charge in [-0.2, -0.15) is 0 Å². The SMILES string of the molecule is Cc1cc(C(=O)O)c(NC(=O)c2ncccc2Br)s1. The van der Waals surface area contributed by atoms with Crippen LogP contribution in [0.3, 0.4) is 0 Å². The second-order valence-corrected chi connectivity index (χ2v) is 5.80. The molecule has 0 radical (unpaired) electrons. The summed E-state index contributed by atoms with van der Waals surface area (Å²) in [5.41, 5.74) is 0.299. The number of carboxylic acid groups (broad SMARTS) is 1. The van der Waals surface area contributed by atoms with Crippen LogP contribution in [0.15, 0.2) is 28.9 Å². The van der Waals surface area contributed by atoms with Crippen molar-refractivity contribution in [3.8, 4) is 0 Å². The molecule has 98 valence electrons. The van der Waals surface area contributed by atoms with E-state index in [2.05, 4.69) is 26.2 Å². The normalized spacial score (nSPS) is 10.2. The van der Waals surface area contributed by atoms with Crippen LogP contribution in [0.5, 0.6) is 0 Å². The van der Waals surface area contributed by atoms with Crippen LogP contribution in [0.1, 0.15) is 25.7 Å². The number of hydrogen-bond acceptors (Lipinski definition) is 4. The maximum absolute atomic E-state index is 12.0. The molecule has 0 bridgehead atoms. The fourth-order valence-electron chi connectivity index (χ4n) is 1.48. The number of nitrogens with one attached hydrogen (secondary N) is 1. The van der Waals surface area contributed by atoms with E-state index in [0.29, 0.717) is 9.47 Å². The second-order valence-electron chi connectivity index (χ2n) is 3.69. The molecule has 5 nitrogen and oxygen atoms in total. The van der Waals surface area contributed by atoms with Gasteiger partial charge in [-0.05, 0) is 41.1 Å². The van der Waals surface area contributed by atoms with Crippen LogP contribution in [0.2, 0.25) is 0 Å². The third-order valence-corrected chi connectivity index (χ3v) is 3.89. The van der Waals surface area contributed by atoms with Crippen LogP contribution in [0.4, 0.5) is 5.00 Å². The van der Waals surface area contributed by atoms with Gasteiger partial charge in [0.1, 0.15) is 10.7 Å². The molecule has 7 heteroatoms. The second kappa shape index (κ2) is 5.50. The zero-order valence-electron chi connectivity index (χ0n) is 9.81. The van der Waals surface area contributed by atoms with Crippen molar-refractivity contribution in [3.05, 3.63) is 45.0 Å². The maximum atomic E-state index is 12.0. The summed E-state index contributed by atoms with van der Waals surface area (Å²) in [6.45, 7) is 1.78. The summed E-state index contributed by atoms with van der Waals surface area (Å²) in [5.74, 6) is -1.52. The van der Waals surface area contributed by atoms with E-state index in [4.69, 9.17) is 5.11 Å². The van der Waals surface area contributed by atoms with Crippen molar-refractivity contribution in [3.63, 3.8) is 0 Å². The number of aromatic nitrogens is 1. The summed E-state index contributed by atoms with van der Waals surface area (Å²) < 4.78 is 0.553. The zero-order chi connectivity index (χ0) is 14.0. The van der Waals surface area contributed by atoms with Gasteiger partial charge in [-0.15, -0.1) is 11.3 Å². The molecule has 2 heterocycles. The number of carbonyl (C=O) groups is 2. The molecule has 1 amide bonds. The minimum atomic E-state index is -1.07. The number of aryl methyl sites for hydroxylation is 1. The van der Waals surface area contributed by atoms with Crippen LogP contribution >= 0.6 is 27.3 Å². The topological polar surface area (TPSA) is 79.3 Å². The Kier molecular flexibility index (Phi) is 3.96. The highest BCUT2D eigenvalue weighted by atomic mass is 79.9. The Labute approximate surface area is 121 Å². The molecular weight excluding hydrogens is 332 g/mol. The number of amides is 1. The minimum Gasteiger partial charge on any atom is -0.478 e. The molecule has 0 atom stereocenters. The Morgan fingerprint density at radius 1 is 1.47 bits per heavy atom. The molecule has 0 aliphatic heterocycles. The lowest BCUT2D eigenvalue weighted by Gasteiger charge is -2.04. The number of hydrogen-bond donors (Lipinski definition) is 2. The molecule has 2 N–H and O–H groups in total. The average molecular weight is 341 g/mol. The highest BCUT2D eigenvalue weighted by Crippen LogP contribution is 2.28. The van der Waals surface area contributed by atoms with Crippen molar-refractivity contribution < 1.29 is 14.7 Å². The predicted octanol–water partition coefficient (Wildman–Crippen LogP) is 3.16.